The van der Waals surface area contributed by atoms with E-state index in [2.05, 4.69) is 10.6 Å². The van der Waals surface area contributed by atoms with Crippen molar-refractivity contribution >= 4 is 17.8 Å². The van der Waals surface area contributed by atoms with Crippen LogP contribution in [0, 0.1) is 0 Å². The zero-order valence-electron chi connectivity index (χ0n) is 16.5. The van der Waals surface area contributed by atoms with Gasteiger partial charge in [0.25, 0.3) is 5.91 Å². The second kappa shape index (κ2) is 7.72. The van der Waals surface area contributed by atoms with Crippen LogP contribution >= 0.6 is 0 Å². The van der Waals surface area contributed by atoms with Gasteiger partial charge in [0.15, 0.2) is 0 Å². The number of benzene rings is 2. The van der Waals surface area contributed by atoms with Crippen LogP contribution < -0.4 is 10.6 Å². The van der Waals surface area contributed by atoms with Crippen LogP contribution in [-0.2, 0) is 34.3 Å². The molecule has 4 rings (SSSR count). The molecule has 31 heavy (non-hydrogen) atoms. The number of nitrogens with one attached hydrogen (secondary N) is 2. The van der Waals surface area contributed by atoms with E-state index < -0.39 is 41.7 Å². The Morgan fingerprint density at radius 1 is 1.13 bits per heavy atom. The molecule has 0 bridgehead atoms. The second-order valence-electron chi connectivity index (χ2n) is 7.71. The first kappa shape index (κ1) is 20.9. The number of fused-ring (bicyclic) bond motifs is 2. The van der Waals surface area contributed by atoms with E-state index in [0.29, 0.717) is 6.42 Å². The highest BCUT2D eigenvalue weighted by molar-refractivity contribution is 6.09. The summed E-state index contributed by atoms with van der Waals surface area (Å²) in [6.45, 7) is -0.659. The molecule has 1 spiro atoms. The van der Waals surface area contributed by atoms with Gasteiger partial charge >= 0.3 is 12.2 Å². The van der Waals surface area contributed by atoms with Crippen LogP contribution in [0.2, 0.25) is 0 Å². The first-order chi connectivity index (χ1) is 14.7. The van der Waals surface area contributed by atoms with Crippen molar-refractivity contribution in [1.29, 1.82) is 0 Å². The summed E-state index contributed by atoms with van der Waals surface area (Å²) >= 11 is 0. The average Bonchev–Trinajstić information content (AvgIpc) is 2.97. The van der Waals surface area contributed by atoms with Crippen LogP contribution in [0.25, 0.3) is 0 Å². The molecular weight excluding hydrogens is 411 g/mol. The number of nitrogens with zero attached hydrogens (tertiary/aromatic N) is 1. The summed E-state index contributed by atoms with van der Waals surface area (Å²) in [5, 5.41) is 5.24. The minimum atomic E-state index is -4.48. The fraction of sp³-hybridized carbons (Fsp3) is 0.318. The molecule has 2 N–H and O–H groups in total. The van der Waals surface area contributed by atoms with Crippen LogP contribution in [0.5, 0.6) is 0 Å². The molecular formula is C22H20F3N3O3. The third-order valence-corrected chi connectivity index (χ3v) is 5.70. The molecule has 2 aromatic carbocycles. The van der Waals surface area contributed by atoms with Gasteiger partial charge in [-0.05, 0) is 48.1 Å². The Morgan fingerprint density at radius 3 is 2.68 bits per heavy atom. The molecule has 2 aromatic rings. The number of hydrogen-bond donors (Lipinski definition) is 2. The number of halogens is 3. The van der Waals surface area contributed by atoms with Gasteiger partial charge in [0.2, 0.25) is 5.91 Å². The van der Waals surface area contributed by atoms with E-state index in [0.717, 1.165) is 41.0 Å². The van der Waals surface area contributed by atoms with E-state index in [1.165, 1.54) is 12.1 Å². The van der Waals surface area contributed by atoms with Crippen molar-refractivity contribution in [3.05, 3.63) is 70.8 Å². The molecule has 1 aliphatic heterocycles. The van der Waals surface area contributed by atoms with Crippen molar-refractivity contribution in [2.75, 3.05) is 6.54 Å². The Hall–Kier alpha value is -3.36. The molecule has 1 fully saturated rings. The summed E-state index contributed by atoms with van der Waals surface area (Å²) in [4.78, 5) is 38.9. The molecule has 0 aromatic heterocycles. The van der Waals surface area contributed by atoms with Gasteiger partial charge in [-0.25, -0.2) is 4.79 Å². The van der Waals surface area contributed by atoms with Gasteiger partial charge in [-0.2, -0.15) is 13.2 Å². The van der Waals surface area contributed by atoms with E-state index in [4.69, 9.17) is 0 Å². The third kappa shape index (κ3) is 3.87. The first-order valence-electron chi connectivity index (χ1n) is 9.86. The highest BCUT2D eigenvalue weighted by Crippen LogP contribution is 2.39. The van der Waals surface area contributed by atoms with E-state index in [1.54, 1.807) is 6.07 Å². The van der Waals surface area contributed by atoms with Gasteiger partial charge in [0.05, 0.1) is 5.56 Å². The fourth-order valence-corrected chi connectivity index (χ4v) is 4.21. The minimum absolute atomic E-state index is 0.152. The lowest BCUT2D eigenvalue weighted by molar-refractivity contribution is -0.137. The Balaban J connectivity index is 1.44. The van der Waals surface area contributed by atoms with E-state index in [1.807, 2.05) is 18.2 Å². The van der Waals surface area contributed by atoms with Crippen molar-refractivity contribution in [2.24, 2.45) is 0 Å². The lowest BCUT2D eigenvalue weighted by Gasteiger charge is -2.33. The molecule has 6 nitrogen and oxygen atoms in total. The maximum atomic E-state index is 13.2. The quantitative estimate of drug-likeness (QED) is 0.731. The van der Waals surface area contributed by atoms with Gasteiger partial charge in [-0.15, -0.1) is 0 Å². The van der Waals surface area contributed by atoms with Gasteiger partial charge in [0, 0.05) is 6.54 Å². The lowest BCUT2D eigenvalue weighted by atomic mass is 9.76. The second-order valence-corrected chi connectivity index (χ2v) is 7.71. The number of aryl methyl sites for hydroxylation is 1. The summed E-state index contributed by atoms with van der Waals surface area (Å²) in [7, 11) is 0. The summed E-state index contributed by atoms with van der Waals surface area (Å²) in [6.07, 6.45) is -2.52. The molecule has 1 atom stereocenters. The largest absolute Gasteiger partial charge is 0.416 e. The van der Waals surface area contributed by atoms with Crippen LogP contribution in [0.3, 0.4) is 0 Å². The Kier molecular flexibility index (Phi) is 5.20. The highest BCUT2D eigenvalue weighted by atomic mass is 19.4. The van der Waals surface area contributed by atoms with Gasteiger partial charge < -0.3 is 10.6 Å². The summed E-state index contributed by atoms with van der Waals surface area (Å²) in [5.74, 6) is -1.12. The maximum Gasteiger partial charge on any atom is 0.416 e. The van der Waals surface area contributed by atoms with Crippen LogP contribution in [-0.4, -0.2) is 29.3 Å². The zero-order chi connectivity index (χ0) is 22.2. The fourth-order valence-electron chi connectivity index (χ4n) is 4.21. The Morgan fingerprint density at radius 2 is 1.90 bits per heavy atom. The number of urea groups is 1. The monoisotopic (exact) mass is 431 g/mol. The zero-order valence-corrected chi connectivity index (χ0v) is 16.5. The van der Waals surface area contributed by atoms with Crippen LogP contribution in [0.4, 0.5) is 18.0 Å². The molecule has 2 aliphatic rings. The first-order valence-corrected chi connectivity index (χ1v) is 9.86. The van der Waals surface area contributed by atoms with Gasteiger partial charge in [-0.1, -0.05) is 36.4 Å². The van der Waals surface area contributed by atoms with Crippen LogP contribution in [0.15, 0.2) is 48.5 Å². The van der Waals surface area contributed by atoms with Crippen molar-refractivity contribution in [3.8, 4) is 0 Å². The normalized spacial score (nSPS) is 20.5. The van der Waals surface area contributed by atoms with Crippen molar-refractivity contribution < 1.29 is 27.6 Å². The lowest BCUT2D eigenvalue weighted by Crippen LogP contribution is -2.47. The standard InChI is InChI=1S/C22H20F3N3O3/c23-22(24,25)16-8-3-5-14(11-16)12-26-18(29)13-28-19(30)21(27-20(28)31)10-4-7-15-6-1-2-9-17(15)21/h1-3,5-6,8-9,11H,4,7,10,12-13H2,(H,26,29)(H,27,31). The molecule has 1 aliphatic carbocycles. The predicted octanol–water partition coefficient (Wildman–Crippen LogP) is 3.11. The highest BCUT2D eigenvalue weighted by Gasteiger charge is 2.54. The number of hydrogen-bond acceptors (Lipinski definition) is 3. The van der Waals surface area contributed by atoms with Gasteiger partial charge in [0.1, 0.15) is 12.1 Å². The number of carbonyl (C=O) groups excluding carboxylic acids is 3. The molecule has 9 heteroatoms. The Labute approximate surface area is 176 Å². The summed E-state index contributed by atoms with van der Waals surface area (Å²) in [5.41, 5.74) is 0.00166. The van der Waals surface area contributed by atoms with Crippen molar-refractivity contribution in [2.45, 2.75) is 37.5 Å². The molecule has 1 saturated heterocycles. The smallest absolute Gasteiger partial charge is 0.350 e. The summed E-state index contributed by atoms with van der Waals surface area (Å²) in [6, 6.07) is 11.3. The van der Waals surface area contributed by atoms with E-state index >= 15 is 0 Å². The molecule has 1 unspecified atom stereocenters. The number of amides is 4. The van der Waals surface area contributed by atoms with E-state index in [-0.39, 0.29) is 12.1 Å². The molecule has 4 amide bonds. The van der Waals surface area contributed by atoms with E-state index in [9.17, 15) is 27.6 Å². The molecule has 0 radical (unpaired) electrons. The third-order valence-electron chi connectivity index (χ3n) is 5.70. The minimum Gasteiger partial charge on any atom is -0.350 e. The maximum absolute atomic E-state index is 13.2. The SMILES string of the molecule is O=C(CN1C(=O)NC2(CCCc3ccccc32)C1=O)NCc1cccc(C(F)(F)F)c1. The molecule has 162 valence electrons. The Bertz CT molecular complexity index is 1050. The van der Waals surface area contributed by atoms with Crippen molar-refractivity contribution in [3.63, 3.8) is 0 Å². The molecule has 0 saturated carbocycles. The summed E-state index contributed by atoms with van der Waals surface area (Å²) < 4.78 is 38.5. The number of alkyl halides is 3. The number of rotatable bonds is 4. The van der Waals surface area contributed by atoms with Gasteiger partial charge in [-0.3, -0.25) is 14.5 Å². The van der Waals surface area contributed by atoms with Crippen molar-refractivity contribution in [1.82, 2.24) is 15.5 Å². The predicted molar refractivity (Wildman–Crippen MR) is 105 cm³/mol. The topological polar surface area (TPSA) is 78.5 Å². The molecule has 1 heterocycles. The van der Waals surface area contributed by atoms with Crippen LogP contribution in [0.1, 0.15) is 35.1 Å². The average molecular weight is 431 g/mol. The number of imide groups is 1. The number of carbonyl (C=O) groups is 3.